The number of benzene rings is 4. The smallest absolute Gasteiger partial charge is 0.306 e. The van der Waals surface area contributed by atoms with Crippen molar-refractivity contribution in [2.45, 2.75) is 202 Å². The number of esters is 1. The number of nitrogens with zero attached hydrogens (tertiary/aromatic N) is 2. The molecule has 3 fully saturated rings. The van der Waals surface area contributed by atoms with Gasteiger partial charge in [0.15, 0.2) is 0 Å². The molecule has 0 N–H and O–H groups in total. The van der Waals surface area contributed by atoms with Crippen molar-refractivity contribution in [2.24, 2.45) is 56.6 Å². The Kier molecular flexibility index (Phi) is 21.6. The van der Waals surface area contributed by atoms with Crippen LogP contribution in [0.25, 0.3) is 11.1 Å². The summed E-state index contributed by atoms with van der Waals surface area (Å²) in [5, 5.41) is 8.76. The molecule has 8 atom stereocenters. The molecule has 0 bridgehead atoms. The van der Waals surface area contributed by atoms with Crippen LogP contribution in [0.4, 0.5) is 11.4 Å². The van der Waals surface area contributed by atoms with Crippen molar-refractivity contribution in [1.82, 2.24) is 0 Å². The van der Waals surface area contributed by atoms with Crippen molar-refractivity contribution in [3.63, 3.8) is 0 Å². The zero-order valence-corrected chi connectivity index (χ0v) is 47.9. The molecule has 8 rings (SSSR count). The molecule has 0 aliphatic heterocycles. The van der Waals surface area contributed by atoms with Gasteiger partial charge in [0.25, 0.3) is 0 Å². The number of carbonyl (C=O) groups excluding carboxylic acids is 1. The first-order valence-corrected chi connectivity index (χ1v) is 30.6. The van der Waals surface area contributed by atoms with E-state index in [1.165, 1.54) is 108 Å². The Labute approximate surface area is 459 Å². The third kappa shape index (κ3) is 15.9. The van der Waals surface area contributed by atoms with E-state index in [0.29, 0.717) is 30.5 Å². The third-order valence-electron chi connectivity index (χ3n) is 18.8. The summed E-state index contributed by atoms with van der Waals surface area (Å²) >= 11 is 0. The number of hydrogen-bond donors (Lipinski definition) is 0. The number of ether oxygens (including phenoxy) is 4. The molecule has 76 heavy (non-hydrogen) atoms. The molecule has 0 radical (unpaired) electrons. The second-order valence-electron chi connectivity index (χ2n) is 24.6. The molecule has 4 aliphatic carbocycles. The SMILES string of the molecule is CCCCc1ccc(N=Nc2ccc(OCCCOc3ccc(-c4ccc(OCCCCCCCCCCC(=O)OC5CC[C@@]6(C)C(=CC[C@H]7[C@@H]8CC[C@H]([C@H](C)CCCC(C)C)[C@@]8(C)CC[C@@H]76)C5)cc4)cc3)cc2)cc1. The Morgan fingerprint density at radius 1 is 0.592 bits per heavy atom. The maximum absolute atomic E-state index is 13.0. The van der Waals surface area contributed by atoms with Gasteiger partial charge in [-0.05, 0) is 194 Å². The highest BCUT2D eigenvalue weighted by molar-refractivity contribution is 5.69. The molecule has 0 heterocycles. The van der Waals surface area contributed by atoms with Gasteiger partial charge in [-0.25, -0.2) is 0 Å². The summed E-state index contributed by atoms with van der Waals surface area (Å²) in [4.78, 5) is 13.0. The topological polar surface area (TPSA) is 78.7 Å². The zero-order chi connectivity index (χ0) is 53.2. The molecule has 4 aliphatic rings. The Hall–Kier alpha value is -4.91. The summed E-state index contributed by atoms with van der Waals surface area (Å²) in [5.41, 5.74) is 7.74. The van der Waals surface area contributed by atoms with Gasteiger partial charge >= 0.3 is 5.97 Å². The number of hydrogen-bond acceptors (Lipinski definition) is 7. The van der Waals surface area contributed by atoms with E-state index in [-0.39, 0.29) is 12.1 Å². The van der Waals surface area contributed by atoms with Crippen LogP contribution in [0, 0.1) is 46.3 Å². The molecule has 412 valence electrons. The highest BCUT2D eigenvalue weighted by atomic mass is 16.5. The monoisotopic (exact) mass is 1030 g/mol. The minimum atomic E-state index is 0.0266. The van der Waals surface area contributed by atoms with E-state index < -0.39 is 0 Å². The van der Waals surface area contributed by atoms with E-state index >= 15 is 0 Å². The molecule has 0 saturated heterocycles. The summed E-state index contributed by atoms with van der Waals surface area (Å²) in [6.45, 7) is 16.7. The molecule has 0 aromatic heterocycles. The van der Waals surface area contributed by atoms with Crippen LogP contribution in [0.1, 0.15) is 195 Å². The minimum Gasteiger partial charge on any atom is -0.494 e. The number of unbranched alkanes of at least 4 members (excludes halogenated alkanes) is 8. The molecule has 7 nitrogen and oxygen atoms in total. The molecule has 0 spiro atoms. The first kappa shape index (κ1) is 57.3. The van der Waals surface area contributed by atoms with Gasteiger partial charge in [-0.3, -0.25) is 4.79 Å². The summed E-state index contributed by atoms with van der Waals surface area (Å²) < 4.78 is 24.2. The second-order valence-corrected chi connectivity index (χ2v) is 24.6. The largest absolute Gasteiger partial charge is 0.494 e. The fraction of sp³-hybridized carbons (Fsp3) is 0.609. The number of carbonyl (C=O) groups is 1. The van der Waals surface area contributed by atoms with Crippen molar-refractivity contribution < 1.29 is 23.7 Å². The van der Waals surface area contributed by atoms with E-state index in [1.54, 1.807) is 5.57 Å². The minimum absolute atomic E-state index is 0.0266. The second kappa shape index (κ2) is 28.6. The maximum atomic E-state index is 13.0. The lowest BCUT2D eigenvalue weighted by Crippen LogP contribution is -2.51. The van der Waals surface area contributed by atoms with E-state index in [4.69, 9.17) is 18.9 Å². The molecule has 4 aromatic rings. The molecular formula is C69H96N2O5. The summed E-state index contributed by atoms with van der Waals surface area (Å²) in [7, 11) is 0. The van der Waals surface area contributed by atoms with Crippen LogP contribution < -0.4 is 14.2 Å². The highest BCUT2D eigenvalue weighted by Crippen LogP contribution is 2.67. The maximum Gasteiger partial charge on any atom is 0.306 e. The quantitative estimate of drug-likeness (QED) is 0.0225. The highest BCUT2D eigenvalue weighted by Gasteiger charge is 2.59. The van der Waals surface area contributed by atoms with Gasteiger partial charge in [-0.2, -0.15) is 10.2 Å². The van der Waals surface area contributed by atoms with E-state index in [9.17, 15) is 4.79 Å². The van der Waals surface area contributed by atoms with Crippen molar-refractivity contribution in [3.8, 4) is 28.4 Å². The summed E-state index contributed by atoms with van der Waals surface area (Å²) in [6.07, 6.45) is 31.1. The predicted octanol–water partition coefficient (Wildman–Crippen LogP) is 19.8. The van der Waals surface area contributed by atoms with Crippen LogP contribution in [-0.4, -0.2) is 31.9 Å². The van der Waals surface area contributed by atoms with Crippen LogP contribution in [0.3, 0.4) is 0 Å². The number of azo groups is 1. The Balaban J connectivity index is 0.623. The molecule has 1 unspecified atom stereocenters. The van der Waals surface area contributed by atoms with Gasteiger partial charge in [0.05, 0.1) is 31.2 Å². The van der Waals surface area contributed by atoms with E-state index in [1.807, 2.05) is 48.5 Å². The summed E-state index contributed by atoms with van der Waals surface area (Å²) in [6, 6.07) is 32.7. The molecule has 7 heteroatoms. The van der Waals surface area contributed by atoms with Crippen LogP contribution in [0.2, 0.25) is 0 Å². The molecule has 4 aromatic carbocycles. The molecule has 3 saturated carbocycles. The zero-order valence-electron chi connectivity index (χ0n) is 47.9. The van der Waals surface area contributed by atoms with Gasteiger partial charge in [-0.15, -0.1) is 0 Å². The van der Waals surface area contributed by atoms with Crippen molar-refractivity contribution in [1.29, 1.82) is 0 Å². The lowest BCUT2D eigenvalue weighted by molar-refractivity contribution is -0.151. The summed E-state index contributed by atoms with van der Waals surface area (Å²) in [5.74, 6) is 7.73. The number of allylic oxidation sites excluding steroid dienone is 1. The first-order chi connectivity index (χ1) is 37.0. The van der Waals surface area contributed by atoms with Crippen LogP contribution in [0.15, 0.2) is 119 Å². The average Bonchev–Trinajstić information content (AvgIpc) is 3.80. The normalized spacial score (nSPS) is 24.4. The Bertz CT molecular complexity index is 2410. The van der Waals surface area contributed by atoms with Gasteiger partial charge < -0.3 is 18.9 Å². The van der Waals surface area contributed by atoms with Gasteiger partial charge in [-0.1, -0.05) is 154 Å². The Morgan fingerprint density at radius 3 is 1.76 bits per heavy atom. The number of aryl methyl sites for hydroxylation is 1. The van der Waals surface area contributed by atoms with Gasteiger partial charge in [0, 0.05) is 19.3 Å². The Morgan fingerprint density at radius 2 is 1.16 bits per heavy atom. The molecular weight excluding hydrogens is 937 g/mol. The standard InChI is InChI=1S/C69H96N2O5/c1-7-8-21-53-23-30-57(31-24-53)70-71-58-32-38-61(39-33-58)75-49-18-48-74-60-36-27-55(28-37-60)54-25-34-59(35-26-54)73-47-16-14-12-10-9-11-13-15-22-67(72)76-62-43-45-68(5)56(50-62)29-40-63-65-42-41-64(52(4)20-17-19-51(2)3)69(65,6)46-44-66(63)68/h23-39,51-52,62-66H,7-22,40-50H2,1-6H3/t52-,62?,63+,64-,65+,66+,68+,69-/m1/s1. The van der Waals surface area contributed by atoms with Crippen molar-refractivity contribution >= 4 is 17.3 Å². The van der Waals surface area contributed by atoms with Gasteiger partial charge in [0.2, 0.25) is 0 Å². The van der Waals surface area contributed by atoms with Crippen molar-refractivity contribution in [2.75, 3.05) is 19.8 Å². The van der Waals surface area contributed by atoms with Crippen molar-refractivity contribution in [3.05, 3.63) is 114 Å². The molecule has 0 amide bonds. The van der Waals surface area contributed by atoms with Crippen LogP contribution >= 0.6 is 0 Å². The van der Waals surface area contributed by atoms with Crippen LogP contribution in [0.5, 0.6) is 17.2 Å². The first-order valence-electron chi connectivity index (χ1n) is 30.6. The fourth-order valence-electron chi connectivity index (χ4n) is 14.4. The predicted molar refractivity (Wildman–Crippen MR) is 313 cm³/mol. The van der Waals surface area contributed by atoms with Gasteiger partial charge in [0.1, 0.15) is 23.4 Å². The lowest BCUT2D eigenvalue weighted by Gasteiger charge is -2.58. The number of fused-ring (bicyclic) bond motifs is 5. The van der Waals surface area contributed by atoms with E-state index in [2.05, 4.69) is 106 Å². The van der Waals surface area contributed by atoms with E-state index in [0.717, 1.165) is 127 Å². The average molecular weight is 1030 g/mol. The third-order valence-corrected chi connectivity index (χ3v) is 18.8. The number of rotatable bonds is 30. The fourth-order valence-corrected chi connectivity index (χ4v) is 14.4. The lowest BCUT2D eigenvalue weighted by atomic mass is 9.47. The van der Waals surface area contributed by atoms with Crippen LogP contribution in [-0.2, 0) is 16.0 Å².